The van der Waals surface area contributed by atoms with Gasteiger partial charge in [-0.15, -0.1) is 0 Å². The highest BCUT2D eigenvalue weighted by molar-refractivity contribution is 5.81. The summed E-state index contributed by atoms with van der Waals surface area (Å²) >= 11 is 0. The van der Waals surface area contributed by atoms with Crippen molar-refractivity contribution in [3.8, 4) is 11.5 Å². The average Bonchev–Trinajstić information content (AvgIpc) is 3.00. The van der Waals surface area contributed by atoms with E-state index >= 15 is 0 Å². The third kappa shape index (κ3) is 2.67. The van der Waals surface area contributed by atoms with Crippen molar-refractivity contribution in [1.29, 1.82) is 0 Å². The standard InChI is InChI=1S/C27H33NO4/c1-28-7-6-27-5-4-20(29)11-22(27)32-24-21(3-2-19(15-28)23(24)27)31-25(30)26-12-16-8-17(13-26)10-18(9-16)14-26/h2-5,16-18,20,22,29H,6-15H2,1H3. The van der Waals surface area contributed by atoms with Crippen molar-refractivity contribution in [3.05, 3.63) is 35.4 Å². The zero-order chi connectivity index (χ0) is 21.7. The number of aliphatic hydroxyl groups is 1. The van der Waals surface area contributed by atoms with Gasteiger partial charge >= 0.3 is 5.97 Å². The first-order valence-corrected chi connectivity index (χ1v) is 12.6. The molecule has 2 aliphatic heterocycles. The highest BCUT2D eigenvalue weighted by Crippen LogP contribution is 2.61. The van der Waals surface area contributed by atoms with Gasteiger partial charge in [-0.1, -0.05) is 18.2 Å². The van der Waals surface area contributed by atoms with Crippen LogP contribution < -0.4 is 9.47 Å². The van der Waals surface area contributed by atoms with Gasteiger partial charge in [0.25, 0.3) is 0 Å². The fraction of sp³-hybridized carbons (Fsp3) is 0.667. The first-order chi connectivity index (χ1) is 15.4. The molecule has 2 heterocycles. The van der Waals surface area contributed by atoms with Gasteiger partial charge in [0.2, 0.25) is 0 Å². The molecular weight excluding hydrogens is 402 g/mol. The van der Waals surface area contributed by atoms with Crippen LogP contribution >= 0.6 is 0 Å². The van der Waals surface area contributed by atoms with E-state index in [2.05, 4.69) is 24.1 Å². The van der Waals surface area contributed by atoms with E-state index in [4.69, 9.17) is 9.47 Å². The van der Waals surface area contributed by atoms with E-state index in [1.165, 1.54) is 30.4 Å². The molecule has 170 valence electrons. The van der Waals surface area contributed by atoms with Crippen LogP contribution in [0.3, 0.4) is 0 Å². The van der Waals surface area contributed by atoms with E-state index < -0.39 is 6.10 Å². The Hall–Kier alpha value is -1.85. The molecule has 5 aliphatic carbocycles. The molecule has 4 fully saturated rings. The van der Waals surface area contributed by atoms with Gasteiger partial charge in [0.05, 0.1) is 16.9 Å². The fourth-order valence-electron chi connectivity index (χ4n) is 8.57. The Bertz CT molecular complexity index is 980. The van der Waals surface area contributed by atoms with Gasteiger partial charge in [-0.25, -0.2) is 0 Å². The van der Waals surface area contributed by atoms with Gasteiger partial charge in [-0.3, -0.25) is 4.79 Å². The van der Waals surface area contributed by atoms with Crippen molar-refractivity contribution in [2.24, 2.45) is 23.2 Å². The summed E-state index contributed by atoms with van der Waals surface area (Å²) in [4.78, 5) is 16.0. The first-order valence-electron chi connectivity index (χ1n) is 12.6. The SMILES string of the molecule is CN1CCC23C=CC(O)CC2Oc2c(OC(=O)C45CC6CC(CC(C6)C4)C5)ccc(c23)C1. The molecule has 3 unspecified atom stereocenters. The number of rotatable bonds is 2. The molecule has 1 spiro atoms. The number of hydrogen-bond acceptors (Lipinski definition) is 5. The van der Waals surface area contributed by atoms with Crippen LogP contribution in [0.25, 0.3) is 0 Å². The zero-order valence-electron chi connectivity index (χ0n) is 18.9. The normalized spacial score (nSPS) is 43.4. The molecule has 32 heavy (non-hydrogen) atoms. The average molecular weight is 436 g/mol. The molecule has 4 saturated carbocycles. The van der Waals surface area contributed by atoms with Crippen LogP contribution in [0.15, 0.2) is 24.3 Å². The lowest BCUT2D eigenvalue weighted by molar-refractivity contribution is -0.161. The monoisotopic (exact) mass is 435 g/mol. The van der Waals surface area contributed by atoms with Crippen LogP contribution in [-0.2, 0) is 16.8 Å². The Labute approximate surface area is 189 Å². The summed E-state index contributed by atoms with van der Waals surface area (Å²) < 4.78 is 12.8. The molecule has 0 radical (unpaired) electrons. The number of nitrogens with zero attached hydrogens (tertiary/aromatic N) is 1. The van der Waals surface area contributed by atoms with Crippen LogP contribution in [0.1, 0.15) is 62.5 Å². The Morgan fingerprint density at radius 3 is 2.56 bits per heavy atom. The fourth-order valence-corrected chi connectivity index (χ4v) is 8.57. The van der Waals surface area contributed by atoms with Gasteiger partial charge in [0, 0.05) is 18.5 Å². The van der Waals surface area contributed by atoms with Crippen LogP contribution in [0, 0.1) is 23.2 Å². The number of ether oxygens (including phenoxy) is 2. The smallest absolute Gasteiger partial charge is 0.317 e. The van der Waals surface area contributed by atoms with Gasteiger partial charge in [0.15, 0.2) is 11.5 Å². The lowest BCUT2D eigenvalue weighted by Crippen LogP contribution is -2.51. The summed E-state index contributed by atoms with van der Waals surface area (Å²) in [5.74, 6) is 3.44. The topological polar surface area (TPSA) is 59.0 Å². The van der Waals surface area contributed by atoms with E-state index in [0.717, 1.165) is 44.5 Å². The molecule has 1 aromatic carbocycles. The van der Waals surface area contributed by atoms with E-state index in [1.54, 1.807) is 0 Å². The van der Waals surface area contributed by atoms with Gasteiger partial charge in [-0.2, -0.15) is 0 Å². The van der Waals surface area contributed by atoms with E-state index in [1.807, 2.05) is 12.1 Å². The molecule has 1 N–H and O–H groups in total. The highest BCUT2D eigenvalue weighted by Gasteiger charge is 2.57. The summed E-state index contributed by atoms with van der Waals surface area (Å²) in [6.45, 7) is 1.83. The zero-order valence-corrected chi connectivity index (χ0v) is 18.9. The molecule has 5 heteroatoms. The number of carbonyl (C=O) groups is 1. The quantitative estimate of drug-likeness (QED) is 0.433. The molecule has 0 amide bonds. The Balaban J connectivity index is 1.27. The summed E-state index contributed by atoms with van der Waals surface area (Å²) in [6.07, 6.45) is 12.0. The van der Waals surface area contributed by atoms with Gasteiger partial charge in [-0.05, 0) is 87.9 Å². The molecule has 8 rings (SSSR count). The maximum atomic E-state index is 13.7. The second kappa shape index (κ2) is 6.60. The Morgan fingerprint density at radius 2 is 1.84 bits per heavy atom. The number of hydrogen-bond donors (Lipinski definition) is 1. The maximum absolute atomic E-state index is 13.7. The lowest BCUT2D eigenvalue weighted by Gasteiger charge is -2.55. The largest absolute Gasteiger partial charge is 0.485 e. The minimum Gasteiger partial charge on any atom is -0.485 e. The number of carbonyl (C=O) groups excluding carboxylic acids is 1. The van der Waals surface area contributed by atoms with Crippen molar-refractivity contribution < 1.29 is 19.4 Å². The van der Waals surface area contributed by atoms with Crippen molar-refractivity contribution in [3.63, 3.8) is 0 Å². The lowest BCUT2D eigenvalue weighted by atomic mass is 9.49. The Morgan fingerprint density at radius 1 is 1.12 bits per heavy atom. The molecule has 0 saturated heterocycles. The Kier molecular flexibility index (Phi) is 4.04. The molecule has 4 bridgehead atoms. The first kappa shape index (κ1) is 19.6. The van der Waals surface area contributed by atoms with Crippen LogP contribution in [-0.4, -0.2) is 41.8 Å². The molecule has 0 aromatic heterocycles. The highest BCUT2D eigenvalue weighted by atomic mass is 16.6. The summed E-state index contributed by atoms with van der Waals surface area (Å²) in [7, 11) is 2.16. The maximum Gasteiger partial charge on any atom is 0.317 e. The van der Waals surface area contributed by atoms with Crippen molar-refractivity contribution in [1.82, 2.24) is 4.90 Å². The predicted molar refractivity (Wildman–Crippen MR) is 119 cm³/mol. The minimum absolute atomic E-state index is 0.0263. The van der Waals surface area contributed by atoms with E-state index in [-0.39, 0.29) is 22.9 Å². The molecule has 1 aromatic rings. The predicted octanol–water partition coefficient (Wildman–Crippen LogP) is 3.96. The minimum atomic E-state index is -0.484. The molecule has 7 aliphatic rings. The summed E-state index contributed by atoms with van der Waals surface area (Å²) in [5, 5.41) is 10.3. The second-order valence-corrected chi connectivity index (χ2v) is 11.8. The second-order valence-electron chi connectivity index (χ2n) is 11.8. The molecular formula is C27H33NO4. The molecule has 5 nitrogen and oxygen atoms in total. The summed E-state index contributed by atoms with van der Waals surface area (Å²) in [6, 6.07) is 4.09. The van der Waals surface area contributed by atoms with Crippen molar-refractivity contribution in [2.75, 3.05) is 13.6 Å². The number of aliphatic hydroxyl groups excluding tert-OH is 1. The summed E-state index contributed by atoms with van der Waals surface area (Å²) in [5.41, 5.74) is 1.91. The third-order valence-corrected chi connectivity index (χ3v) is 9.60. The van der Waals surface area contributed by atoms with Crippen molar-refractivity contribution in [2.45, 2.75) is 75.5 Å². The van der Waals surface area contributed by atoms with Gasteiger partial charge in [0.1, 0.15) is 6.10 Å². The molecule has 3 atom stereocenters. The van der Waals surface area contributed by atoms with E-state index in [0.29, 0.717) is 29.9 Å². The van der Waals surface area contributed by atoms with Crippen LogP contribution in [0.2, 0.25) is 0 Å². The van der Waals surface area contributed by atoms with E-state index in [9.17, 15) is 9.90 Å². The van der Waals surface area contributed by atoms with Crippen LogP contribution in [0.4, 0.5) is 0 Å². The van der Waals surface area contributed by atoms with Crippen molar-refractivity contribution >= 4 is 5.97 Å². The third-order valence-electron chi connectivity index (χ3n) is 9.60. The van der Waals surface area contributed by atoms with Gasteiger partial charge < -0.3 is 19.5 Å². The number of esters is 1. The van der Waals surface area contributed by atoms with Crippen LogP contribution in [0.5, 0.6) is 11.5 Å². The number of benzene rings is 1.